The molecule has 0 saturated carbocycles. The third-order valence-corrected chi connectivity index (χ3v) is 3.29. The number of anilines is 1. The van der Waals surface area contributed by atoms with E-state index in [4.69, 9.17) is 9.84 Å². The van der Waals surface area contributed by atoms with Gasteiger partial charge in [0.05, 0.1) is 5.56 Å². The lowest BCUT2D eigenvalue weighted by Crippen LogP contribution is -2.28. The van der Waals surface area contributed by atoms with Gasteiger partial charge < -0.3 is 15.2 Å². The maximum atomic E-state index is 12.0. The van der Waals surface area contributed by atoms with E-state index in [1.54, 1.807) is 19.9 Å². The van der Waals surface area contributed by atoms with Crippen molar-refractivity contribution >= 4 is 17.6 Å². The highest BCUT2D eigenvalue weighted by molar-refractivity contribution is 5.97. The van der Waals surface area contributed by atoms with E-state index < -0.39 is 12.1 Å². The van der Waals surface area contributed by atoms with Gasteiger partial charge in [-0.1, -0.05) is 19.4 Å². The quantitative estimate of drug-likeness (QED) is 0.757. The van der Waals surface area contributed by atoms with Crippen molar-refractivity contribution in [3.63, 3.8) is 0 Å². The van der Waals surface area contributed by atoms with Crippen molar-refractivity contribution in [3.05, 3.63) is 28.8 Å². The Hall–Kier alpha value is -1.88. The van der Waals surface area contributed by atoms with Crippen LogP contribution < -0.4 is 5.32 Å². The fraction of sp³-hybridized carbons (Fsp3) is 0.500. The molecule has 0 aromatic heterocycles. The minimum Gasteiger partial charge on any atom is -0.478 e. The predicted molar refractivity (Wildman–Crippen MR) is 81.8 cm³/mol. The first-order valence-electron chi connectivity index (χ1n) is 7.13. The standard InChI is InChI=1S/C16H23NO4/c1-5-6-7-21-12(4)15(18)17-14-9-13(16(19)20)10(2)8-11(14)3/h8-9,12H,5-7H2,1-4H3,(H,17,18)(H,19,20). The Morgan fingerprint density at radius 2 is 1.95 bits per heavy atom. The number of amides is 1. The molecule has 0 fully saturated rings. The molecular formula is C16H23NO4. The van der Waals surface area contributed by atoms with Gasteiger partial charge in [-0.05, 0) is 44.4 Å². The lowest BCUT2D eigenvalue weighted by molar-refractivity contribution is -0.126. The molecular weight excluding hydrogens is 270 g/mol. The van der Waals surface area contributed by atoms with Crippen molar-refractivity contribution < 1.29 is 19.4 Å². The molecule has 1 atom stereocenters. The zero-order chi connectivity index (χ0) is 16.0. The molecule has 0 spiro atoms. The van der Waals surface area contributed by atoms with E-state index in [0.29, 0.717) is 17.9 Å². The second kappa shape index (κ2) is 7.78. The number of aryl methyl sites for hydroxylation is 2. The van der Waals surface area contributed by atoms with E-state index >= 15 is 0 Å². The van der Waals surface area contributed by atoms with E-state index in [1.807, 2.05) is 6.92 Å². The molecule has 1 amide bonds. The molecule has 1 rings (SSSR count). The Bertz CT molecular complexity index is 525. The average Bonchev–Trinajstić information content (AvgIpc) is 2.41. The van der Waals surface area contributed by atoms with E-state index in [9.17, 15) is 9.59 Å². The van der Waals surface area contributed by atoms with Crippen LogP contribution in [0.15, 0.2) is 12.1 Å². The fourth-order valence-corrected chi connectivity index (χ4v) is 1.93. The first kappa shape index (κ1) is 17.2. The van der Waals surface area contributed by atoms with Gasteiger partial charge in [0.2, 0.25) is 0 Å². The summed E-state index contributed by atoms with van der Waals surface area (Å²) in [7, 11) is 0. The number of ether oxygens (including phenoxy) is 1. The van der Waals surface area contributed by atoms with Gasteiger partial charge in [-0.25, -0.2) is 4.79 Å². The first-order chi connectivity index (χ1) is 9.86. The molecule has 0 saturated heterocycles. The summed E-state index contributed by atoms with van der Waals surface area (Å²) in [6, 6.07) is 3.24. The van der Waals surface area contributed by atoms with Crippen LogP contribution in [0.1, 0.15) is 48.2 Å². The summed E-state index contributed by atoms with van der Waals surface area (Å²) in [6.45, 7) is 7.84. The minimum absolute atomic E-state index is 0.190. The summed E-state index contributed by atoms with van der Waals surface area (Å²) in [4.78, 5) is 23.2. The second-order valence-corrected chi connectivity index (χ2v) is 5.14. The number of carbonyl (C=O) groups is 2. The van der Waals surface area contributed by atoms with Gasteiger partial charge in [-0.2, -0.15) is 0 Å². The van der Waals surface area contributed by atoms with Gasteiger partial charge in [0.25, 0.3) is 5.91 Å². The first-order valence-corrected chi connectivity index (χ1v) is 7.13. The highest BCUT2D eigenvalue weighted by atomic mass is 16.5. The summed E-state index contributed by atoms with van der Waals surface area (Å²) in [6.07, 6.45) is 1.35. The number of carboxylic acid groups (broad SMARTS) is 1. The van der Waals surface area contributed by atoms with Crippen LogP contribution in [0.5, 0.6) is 0 Å². The maximum Gasteiger partial charge on any atom is 0.336 e. The summed E-state index contributed by atoms with van der Waals surface area (Å²) >= 11 is 0. The number of unbranched alkanes of at least 4 members (excludes halogenated alkanes) is 1. The molecule has 116 valence electrons. The molecule has 5 nitrogen and oxygen atoms in total. The molecule has 2 N–H and O–H groups in total. The Morgan fingerprint density at radius 1 is 1.29 bits per heavy atom. The smallest absolute Gasteiger partial charge is 0.336 e. The molecule has 0 aliphatic heterocycles. The Labute approximate surface area is 125 Å². The number of carboxylic acids is 1. The zero-order valence-corrected chi connectivity index (χ0v) is 13.0. The minimum atomic E-state index is -1.00. The van der Waals surface area contributed by atoms with E-state index in [1.165, 1.54) is 6.07 Å². The third-order valence-electron chi connectivity index (χ3n) is 3.29. The molecule has 5 heteroatoms. The van der Waals surface area contributed by atoms with Gasteiger partial charge in [0.1, 0.15) is 6.10 Å². The van der Waals surface area contributed by atoms with Crippen LogP contribution in [0.4, 0.5) is 5.69 Å². The number of benzene rings is 1. The highest BCUT2D eigenvalue weighted by Crippen LogP contribution is 2.21. The molecule has 0 aliphatic rings. The summed E-state index contributed by atoms with van der Waals surface area (Å²) < 4.78 is 5.43. The number of carbonyl (C=O) groups excluding carboxylic acids is 1. The van der Waals surface area contributed by atoms with Gasteiger partial charge in [-0.15, -0.1) is 0 Å². The molecule has 0 aliphatic carbocycles. The number of nitrogens with one attached hydrogen (secondary N) is 1. The topological polar surface area (TPSA) is 75.6 Å². The van der Waals surface area contributed by atoms with Crippen molar-refractivity contribution in [2.45, 2.75) is 46.6 Å². The lowest BCUT2D eigenvalue weighted by atomic mass is 10.0. The number of aromatic carboxylic acids is 1. The largest absolute Gasteiger partial charge is 0.478 e. The fourth-order valence-electron chi connectivity index (χ4n) is 1.93. The monoisotopic (exact) mass is 293 g/mol. The highest BCUT2D eigenvalue weighted by Gasteiger charge is 2.16. The van der Waals surface area contributed by atoms with Crippen molar-refractivity contribution in [1.82, 2.24) is 0 Å². The molecule has 0 heterocycles. The van der Waals surface area contributed by atoms with Crippen LogP contribution in [0, 0.1) is 13.8 Å². The SMILES string of the molecule is CCCCOC(C)C(=O)Nc1cc(C(=O)O)c(C)cc1C. The maximum absolute atomic E-state index is 12.0. The van der Waals surface area contributed by atoms with Gasteiger partial charge in [-0.3, -0.25) is 4.79 Å². The normalized spacial score (nSPS) is 12.0. The van der Waals surface area contributed by atoms with Gasteiger partial charge >= 0.3 is 5.97 Å². The van der Waals surface area contributed by atoms with Crippen LogP contribution in [0.2, 0.25) is 0 Å². The third kappa shape index (κ3) is 4.86. The summed E-state index contributed by atoms with van der Waals surface area (Å²) in [5.41, 5.74) is 2.20. The summed E-state index contributed by atoms with van der Waals surface area (Å²) in [5, 5.41) is 11.9. The van der Waals surface area contributed by atoms with Crippen LogP contribution >= 0.6 is 0 Å². The molecule has 1 aromatic carbocycles. The molecule has 21 heavy (non-hydrogen) atoms. The van der Waals surface area contributed by atoms with E-state index in [2.05, 4.69) is 12.2 Å². The number of hydrogen-bond donors (Lipinski definition) is 2. The van der Waals surface area contributed by atoms with Crippen molar-refractivity contribution in [1.29, 1.82) is 0 Å². The number of hydrogen-bond acceptors (Lipinski definition) is 3. The zero-order valence-electron chi connectivity index (χ0n) is 13.0. The molecule has 1 unspecified atom stereocenters. The van der Waals surface area contributed by atoms with Crippen LogP contribution in [-0.4, -0.2) is 29.7 Å². The average molecular weight is 293 g/mol. The van der Waals surface area contributed by atoms with Gasteiger partial charge in [0, 0.05) is 12.3 Å². The van der Waals surface area contributed by atoms with Crippen LogP contribution in [0.3, 0.4) is 0 Å². The Balaban J connectivity index is 2.80. The van der Waals surface area contributed by atoms with Crippen LogP contribution in [-0.2, 0) is 9.53 Å². The second-order valence-electron chi connectivity index (χ2n) is 5.14. The van der Waals surface area contributed by atoms with E-state index in [0.717, 1.165) is 18.4 Å². The summed E-state index contributed by atoms with van der Waals surface area (Å²) in [5.74, 6) is -1.27. The Kier molecular flexibility index (Phi) is 6.37. The van der Waals surface area contributed by atoms with Gasteiger partial charge in [0.15, 0.2) is 0 Å². The molecule has 0 bridgehead atoms. The predicted octanol–water partition coefficient (Wildman–Crippen LogP) is 3.15. The molecule has 0 radical (unpaired) electrons. The lowest BCUT2D eigenvalue weighted by Gasteiger charge is -2.15. The van der Waals surface area contributed by atoms with Crippen molar-refractivity contribution in [3.8, 4) is 0 Å². The molecule has 1 aromatic rings. The number of rotatable bonds is 7. The van der Waals surface area contributed by atoms with E-state index in [-0.39, 0.29) is 11.5 Å². The van der Waals surface area contributed by atoms with Crippen molar-refractivity contribution in [2.24, 2.45) is 0 Å². The van der Waals surface area contributed by atoms with Crippen molar-refractivity contribution in [2.75, 3.05) is 11.9 Å². The Morgan fingerprint density at radius 3 is 2.52 bits per heavy atom. The van der Waals surface area contributed by atoms with Crippen LogP contribution in [0.25, 0.3) is 0 Å².